The number of hydrogen-bond acceptors (Lipinski definition) is 3. The first-order valence-electron chi connectivity index (χ1n) is 5.06. The SMILES string of the molecule is O=C(c1cc(Cl)ccc1Cl)N(CCO)CCO. The number of halogens is 2. The average Bonchev–Trinajstić information content (AvgIpc) is 2.31. The van der Waals surface area contributed by atoms with Crippen LogP contribution in [0.4, 0.5) is 0 Å². The third-order valence-electron chi connectivity index (χ3n) is 2.19. The fourth-order valence-corrected chi connectivity index (χ4v) is 1.76. The Labute approximate surface area is 109 Å². The van der Waals surface area contributed by atoms with Crippen molar-refractivity contribution in [1.29, 1.82) is 0 Å². The normalized spacial score (nSPS) is 10.4. The molecule has 0 heterocycles. The molecular formula is C11H13Cl2NO3. The molecule has 1 aromatic rings. The van der Waals surface area contributed by atoms with Crippen molar-refractivity contribution in [2.45, 2.75) is 0 Å². The van der Waals surface area contributed by atoms with Gasteiger partial charge < -0.3 is 15.1 Å². The second kappa shape index (κ2) is 6.81. The van der Waals surface area contributed by atoms with E-state index in [2.05, 4.69) is 0 Å². The first-order valence-corrected chi connectivity index (χ1v) is 5.81. The number of benzene rings is 1. The van der Waals surface area contributed by atoms with Crippen LogP contribution in [0.5, 0.6) is 0 Å². The second-order valence-corrected chi connectivity index (χ2v) is 4.21. The molecule has 0 aliphatic carbocycles. The maximum Gasteiger partial charge on any atom is 0.255 e. The molecule has 0 aliphatic heterocycles. The number of rotatable bonds is 5. The number of nitrogens with zero attached hydrogens (tertiary/aromatic N) is 1. The second-order valence-electron chi connectivity index (χ2n) is 3.36. The molecule has 0 saturated carbocycles. The highest BCUT2D eigenvalue weighted by atomic mass is 35.5. The van der Waals surface area contributed by atoms with Gasteiger partial charge >= 0.3 is 0 Å². The summed E-state index contributed by atoms with van der Waals surface area (Å²) in [4.78, 5) is 13.4. The quantitative estimate of drug-likeness (QED) is 0.856. The minimum absolute atomic E-state index is 0.141. The van der Waals surface area contributed by atoms with Crippen molar-refractivity contribution in [3.8, 4) is 0 Å². The summed E-state index contributed by atoms with van der Waals surface area (Å²) in [7, 11) is 0. The highest BCUT2D eigenvalue weighted by molar-refractivity contribution is 6.35. The van der Waals surface area contributed by atoms with E-state index in [9.17, 15) is 4.79 Å². The molecular weight excluding hydrogens is 265 g/mol. The van der Waals surface area contributed by atoms with Gasteiger partial charge in [0.15, 0.2) is 0 Å². The molecule has 0 fully saturated rings. The van der Waals surface area contributed by atoms with E-state index in [1.807, 2.05) is 0 Å². The first kappa shape index (κ1) is 14.3. The van der Waals surface area contributed by atoms with E-state index in [0.29, 0.717) is 10.0 Å². The zero-order chi connectivity index (χ0) is 12.8. The smallest absolute Gasteiger partial charge is 0.255 e. The van der Waals surface area contributed by atoms with Gasteiger partial charge in [-0.05, 0) is 18.2 Å². The van der Waals surface area contributed by atoms with E-state index in [4.69, 9.17) is 33.4 Å². The van der Waals surface area contributed by atoms with Gasteiger partial charge in [0.1, 0.15) is 0 Å². The molecule has 2 N–H and O–H groups in total. The standard InChI is InChI=1S/C11H13Cl2NO3/c12-8-1-2-10(13)9(7-8)11(17)14(3-5-15)4-6-16/h1-2,7,15-16H,3-6H2. The summed E-state index contributed by atoms with van der Waals surface area (Å²) >= 11 is 11.7. The Balaban J connectivity index is 2.95. The van der Waals surface area contributed by atoms with Crippen LogP contribution in [-0.2, 0) is 0 Å². The summed E-state index contributed by atoms with van der Waals surface area (Å²) in [6.07, 6.45) is 0. The lowest BCUT2D eigenvalue weighted by Gasteiger charge is -2.21. The topological polar surface area (TPSA) is 60.8 Å². The number of carbonyl (C=O) groups is 1. The van der Waals surface area contributed by atoms with Gasteiger partial charge in [-0.15, -0.1) is 0 Å². The fourth-order valence-electron chi connectivity index (χ4n) is 1.39. The summed E-state index contributed by atoms with van der Waals surface area (Å²) in [5, 5.41) is 18.4. The highest BCUT2D eigenvalue weighted by Gasteiger charge is 2.17. The lowest BCUT2D eigenvalue weighted by Crippen LogP contribution is -2.36. The maximum atomic E-state index is 12.1. The van der Waals surface area contributed by atoms with Crippen LogP contribution in [0.2, 0.25) is 10.0 Å². The van der Waals surface area contributed by atoms with Gasteiger partial charge in [0, 0.05) is 18.1 Å². The fraction of sp³-hybridized carbons (Fsp3) is 0.364. The minimum atomic E-state index is -0.361. The summed E-state index contributed by atoms with van der Waals surface area (Å²) in [5.41, 5.74) is 0.265. The Morgan fingerprint density at radius 2 is 1.76 bits per heavy atom. The van der Waals surface area contributed by atoms with Gasteiger partial charge in [-0.2, -0.15) is 0 Å². The van der Waals surface area contributed by atoms with E-state index in [0.717, 1.165) is 0 Å². The highest BCUT2D eigenvalue weighted by Crippen LogP contribution is 2.22. The van der Waals surface area contributed by atoms with Gasteiger partial charge in [0.2, 0.25) is 0 Å². The summed E-state index contributed by atoms with van der Waals surface area (Å²) < 4.78 is 0. The molecule has 4 nitrogen and oxygen atoms in total. The summed E-state index contributed by atoms with van der Waals surface area (Å²) in [5.74, 6) is -0.361. The van der Waals surface area contributed by atoms with E-state index in [1.165, 1.54) is 17.0 Å². The third-order valence-corrected chi connectivity index (χ3v) is 2.75. The van der Waals surface area contributed by atoms with Crippen LogP contribution < -0.4 is 0 Å². The Bertz CT molecular complexity index is 392. The molecule has 0 bridgehead atoms. The molecule has 0 unspecified atom stereocenters. The predicted molar refractivity (Wildman–Crippen MR) is 66.5 cm³/mol. The Kier molecular flexibility index (Phi) is 5.71. The maximum absolute atomic E-state index is 12.1. The lowest BCUT2D eigenvalue weighted by atomic mass is 10.2. The van der Waals surface area contributed by atoms with E-state index in [1.54, 1.807) is 6.07 Å². The molecule has 0 spiro atoms. The number of aliphatic hydroxyl groups is 2. The van der Waals surface area contributed by atoms with Gasteiger partial charge in [-0.1, -0.05) is 23.2 Å². The molecule has 0 radical (unpaired) electrons. The van der Waals surface area contributed by atoms with Crippen molar-refractivity contribution in [1.82, 2.24) is 4.90 Å². The number of hydrogen-bond donors (Lipinski definition) is 2. The molecule has 17 heavy (non-hydrogen) atoms. The van der Waals surface area contributed by atoms with Crippen LogP contribution in [-0.4, -0.2) is 47.3 Å². The van der Waals surface area contributed by atoms with E-state index >= 15 is 0 Å². The lowest BCUT2D eigenvalue weighted by molar-refractivity contribution is 0.0685. The summed E-state index contributed by atoms with van der Waals surface area (Å²) in [6, 6.07) is 4.59. The monoisotopic (exact) mass is 277 g/mol. The zero-order valence-corrected chi connectivity index (χ0v) is 10.6. The van der Waals surface area contributed by atoms with Crippen LogP contribution in [0.3, 0.4) is 0 Å². The zero-order valence-electron chi connectivity index (χ0n) is 9.07. The Morgan fingerprint density at radius 1 is 1.18 bits per heavy atom. The van der Waals surface area contributed by atoms with Crippen LogP contribution in [0.15, 0.2) is 18.2 Å². The minimum Gasteiger partial charge on any atom is -0.395 e. The molecule has 94 valence electrons. The first-order chi connectivity index (χ1) is 8.10. The van der Waals surface area contributed by atoms with Crippen LogP contribution in [0.25, 0.3) is 0 Å². The predicted octanol–water partition coefficient (Wildman–Crippen LogP) is 1.42. The van der Waals surface area contributed by atoms with E-state index < -0.39 is 0 Å². The van der Waals surface area contributed by atoms with Crippen molar-refractivity contribution in [2.75, 3.05) is 26.3 Å². The van der Waals surface area contributed by atoms with Crippen molar-refractivity contribution < 1.29 is 15.0 Å². The van der Waals surface area contributed by atoms with Gasteiger partial charge in [-0.25, -0.2) is 0 Å². The Hall–Kier alpha value is -0.810. The molecule has 1 amide bonds. The largest absolute Gasteiger partial charge is 0.395 e. The van der Waals surface area contributed by atoms with Gasteiger partial charge in [0.05, 0.1) is 23.8 Å². The van der Waals surface area contributed by atoms with E-state index in [-0.39, 0.29) is 37.8 Å². The van der Waals surface area contributed by atoms with Gasteiger partial charge in [0.25, 0.3) is 5.91 Å². The molecule has 0 aliphatic rings. The average molecular weight is 278 g/mol. The molecule has 0 atom stereocenters. The molecule has 1 rings (SSSR count). The van der Waals surface area contributed by atoms with Crippen molar-refractivity contribution in [3.63, 3.8) is 0 Å². The molecule has 0 saturated heterocycles. The van der Waals surface area contributed by atoms with Crippen LogP contribution in [0.1, 0.15) is 10.4 Å². The number of carbonyl (C=O) groups excluding carboxylic acids is 1. The van der Waals surface area contributed by atoms with Crippen molar-refractivity contribution in [2.24, 2.45) is 0 Å². The molecule has 1 aromatic carbocycles. The molecule has 6 heteroatoms. The number of aliphatic hydroxyl groups excluding tert-OH is 2. The number of amides is 1. The third kappa shape index (κ3) is 3.85. The van der Waals surface area contributed by atoms with Crippen molar-refractivity contribution >= 4 is 29.1 Å². The summed E-state index contributed by atoms with van der Waals surface area (Å²) in [6.45, 7) is -0.0711. The molecule has 0 aromatic heterocycles. The van der Waals surface area contributed by atoms with Crippen LogP contribution in [0, 0.1) is 0 Å². The van der Waals surface area contributed by atoms with Crippen molar-refractivity contribution in [3.05, 3.63) is 33.8 Å². The Morgan fingerprint density at radius 3 is 2.29 bits per heavy atom. The van der Waals surface area contributed by atoms with Crippen LogP contribution >= 0.6 is 23.2 Å². The van der Waals surface area contributed by atoms with Gasteiger partial charge in [-0.3, -0.25) is 4.79 Å².